The number of nitrogens with one attached hydrogen (secondary N) is 3. The maximum absolute atomic E-state index is 12.9. The van der Waals surface area contributed by atoms with Crippen molar-refractivity contribution in [1.82, 2.24) is 16.0 Å². The molecule has 204 valence electrons. The summed E-state index contributed by atoms with van der Waals surface area (Å²) < 4.78 is 5.14. The number of halogens is 1. The van der Waals surface area contributed by atoms with E-state index in [2.05, 4.69) is 16.0 Å². The summed E-state index contributed by atoms with van der Waals surface area (Å²) in [5.41, 5.74) is 0.293. The number of amides is 3. The summed E-state index contributed by atoms with van der Waals surface area (Å²) in [6.45, 7) is 0.308. The van der Waals surface area contributed by atoms with Crippen LogP contribution in [0.1, 0.15) is 58.4 Å². The van der Waals surface area contributed by atoms with Crippen molar-refractivity contribution in [2.45, 2.75) is 44.7 Å². The molecule has 38 heavy (non-hydrogen) atoms. The molecule has 2 aromatic rings. The molecule has 11 heteroatoms. The second kappa shape index (κ2) is 13.3. The number of carboxylic acids is 1. The molecule has 1 fully saturated rings. The van der Waals surface area contributed by atoms with E-state index in [9.17, 15) is 29.4 Å². The van der Waals surface area contributed by atoms with Crippen LogP contribution in [-0.4, -0.2) is 60.2 Å². The van der Waals surface area contributed by atoms with Gasteiger partial charge in [0.2, 0.25) is 5.91 Å². The van der Waals surface area contributed by atoms with Crippen molar-refractivity contribution in [1.29, 1.82) is 0 Å². The number of hydrogen-bond acceptors (Lipinski definition) is 6. The molecule has 0 radical (unpaired) electrons. The number of methoxy groups -OCH3 is 1. The number of ether oxygens (including phenoxy) is 1. The summed E-state index contributed by atoms with van der Waals surface area (Å²) in [6.07, 6.45) is 3.78. The van der Waals surface area contributed by atoms with Crippen LogP contribution < -0.4 is 16.0 Å². The molecule has 10 nitrogen and oxygen atoms in total. The third-order valence-electron chi connectivity index (χ3n) is 6.74. The van der Waals surface area contributed by atoms with E-state index in [1.54, 1.807) is 19.2 Å². The van der Waals surface area contributed by atoms with Crippen molar-refractivity contribution in [2.75, 3.05) is 20.3 Å². The van der Waals surface area contributed by atoms with Crippen LogP contribution in [0.4, 0.5) is 0 Å². The van der Waals surface area contributed by atoms with Crippen LogP contribution in [0.15, 0.2) is 42.5 Å². The maximum Gasteiger partial charge on any atom is 0.328 e. The molecule has 0 saturated heterocycles. The van der Waals surface area contributed by atoms with E-state index in [-0.39, 0.29) is 40.9 Å². The number of carbonyl (C=O) groups excluding carboxylic acids is 3. The zero-order valence-electron chi connectivity index (χ0n) is 21.1. The average Bonchev–Trinajstić information content (AvgIpc) is 3.38. The Morgan fingerprint density at radius 2 is 1.79 bits per heavy atom. The van der Waals surface area contributed by atoms with E-state index in [1.807, 2.05) is 0 Å². The van der Waals surface area contributed by atoms with Crippen LogP contribution in [0.2, 0.25) is 5.02 Å². The summed E-state index contributed by atoms with van der Waals surface area (Å²) in [4.78, 5) is 50.0. The highest BCUT2D eigenvalue weighted by atomic mass is 35.5. The Labute approximate surface area is 225 Å². The molecule has 3 amide bonds. The van der Waals surface area contributed by atoms with Gasteiger partial charge in [-0.25, -0.2) is 4.79 Å². The fourth-order valence-electron chi connectivity index (χ4n) is 4.55. The number of phenolic OH excluding ortho intramolecular Hbond substituents is 1. The number of phenols is 1. The third-order valence-corrected chi connectivity index (χ3v) is 7.05. The predicted molar refractivity (Wildman–Crippen MR) is 140 cm³/mol. The van der Waals surface area contributed by atoms with Crippen LogP contribution in [0.25, 0.3) is 0 Å². The van der Waals surface area contributed by atoms with E-state index in [1.165, 1.54) is 30.3 Å². The highest BCUT2D eigenvalue weighted by Crippen LogP contribution is 2.41. The molecule has 0 aromatic heterocycles. The predicted octanol–water partition coefficient (Wildman–Crippen LogP) is 2.87. The van der Waals surface area contributed by atoms with Crippen LogP contribution >= 0.6 is 11.6 Å². The standard InChI is InChI=1S/C27H32ClN3O7/c1-38-12-11-27(9-2-3-10-27)26(37)30-16-22(25(35)36)31-24(34)20-8-7-18(14-21(20)28)23(33)29-15-17-5-4-6-19(32)13-17/h4-8,13-14,22,32H,2-3,9-12,15-16H2,1H3,(H,29,33)(H,30,37)(H,31,34)(H,35,36)/t22-/m0/s1. The molecule has 0 aliphatic heterocycles. The highest BCUT2D eigenvalue weighted by Gasteiger charge is 2.41. The normalized spacial score (nSPS) is 14.9. The zero-order valence-corrected chi connectivity index (χ0v) is 21.8. The van der Waals surface area contributed by atoms with Gasteiger partial charge in [-0.05, 0) is 55.2 Å². The molecule has 2 aromatic carbocycles. The Morgan fingerprint density at radius 3 is 2.42 bits per heavy atom. The zero-order chi connectivity index (χ0) is 27.7. The fraction of sp³-hybridized carbons (Fsp3) is 0.407. The molecule has 1 aliphatic carbocycles. The number of aromatic hydroxyl groups is 1. The molecule has 0 spiro atoms. The van der Waals surface area contributed by atoms with Gasteiger partial charge in [-0.15, -0.1) is 0 Å². The smallest absolute Gasteiger partial charge is 0.328 e. The second-order valence-electron chi connectivity index (χ2n) is 9.35. The van der Waals surface area contributed by atoms with Crippen molar-refractivity contribution in [3.8, 4) is 5.75 Å². The van der Waals surface area contributed by atoms with Gasteiger partial charge >= 0.3 is 5.97 Å². The van der Waals surface area contributed by atoms with E-state index in [0.717, 1.165) is 12.8 Å². The Kier molecular flexibility index (Phi) is 10.1. The largest absolute Gasteiger partial charge is 0.508 e. The minimum absolute atomic E-state index is 0.0128. The van der Waals surface area contributed by atoms with Crippen LogP contribution in [0, 0.1) is 5.41 Å². The highest BCUT2D eigenvalue weighted by molar-refractivity contribution is 6.34. The number of rotatable bonds is 12. The maximum atomic E-state index is 12.9. The Hall–Kier alpha value is -3.63. The van der Waals surface area contributed by atoms with Gasteiger partial charge < -0.3 is 30.9 Å². The molecule has 5 N–H and O–H groups in total. The van der Waals surface area contributed by atoms with Gasteiger partial charge in [0, 0.05) is 32.4 Å². The topological polar surface area (TPSA) is 154 Å². The molecule has 0 unspecified atom stereocenters. The first kappa shape index (κ1) is 28.9. The van der Waals surface area contributed by atoms with Gasteiger partial charge in [0.25, 0.3) is 11.8 Å². The number of benzene rings is 2. The van der Waals surface area contributed by atoms with Gasteiger partial charge in [-0.3, -0.25) is 14.4 Å². The lowest BCUT2D eigenvalue weighted by Crippen LogP contribution is -2.51. The first-order chi connectivity index (χ1) is 18.1. The quantitative estimate of drug-likeness (QED) is 0.275. The molecule has 1 aliphatic rings. The molecule has 3 rings (SSSR count). The molecular formula is C27H32ClN3O7. The Morgan fingerprint density at radius 1 is 1.05 bits per heavy atom. The molecule has 0 heterocycles. The lowest BCUT2D eigenvalue weighted by atomic mass is 9.82. The van der Waals surface area contributed by atoms with Crippen molar-refractivity contribution >= 4 is 35.3 Å². The van der Waals surface area contributed by atoms with Crippen molar-refractivity contribution in [3.05, 3.63) is 64.2 Å². The first-order valence-corrected chi connectivity index (χ1v) is 12.7. The number of carbonyl (C=O) groups is 4. The molecule has 0 bridgehead atoms. The van der Waals surface area contributed by atoms with Crippen LogP contribution in [0.3, 0.4) is 0 Å². The summed E-state index contributed by atoms with van der Waals surface area (Å²) in [5.74, 6) is -2.67. The van der Waals surface area contributed by atoms with Gasteiger partial charge in [0.05, 0.1) is 16.0 Å². The number of carboxylic acid groups (broad SMARTS) is 1. The van der Waals surface area contributed by atoms with Crippen molar-refractivity contribution < 1.29 is 34.1 Å². The van der Waals surface area contributed by atoms with E-state index >= 15 is 0 Å². The lowest BCUT2D eigenvalue weighted by molar-refractivity contribution is -0.139. The number of aliphatic carboxylic acids is 1. The van der Waals surface area contributed by atoms with Crippen LogP contribution in [-0.2, 0) is 20.9 Å². The van der Waals surface area contributed by atoms with Crippen LogP contribution in [0.5, 0.6) is 5.75 Å². The van der Waals surface area contributed by atoms with Crippen molar-refractivity contribution in [3.63, 3.8) is 0 Å². The van der Waals surface area contributed by atoms with Gasteiger partial charge in [0.1, 0.15) is 11.8 Å². The molecular weight excluding hydrogens is 514 g/mol. The van der Waals surface area contributed by atoms with Gasteiger partial charge in [-0.1, -0.05) is 36.6 Å². The van der Waals surface area contributed by atoms with Gasteiger partial charge in [-0.2, -0.15) is 0 Å². The van der Waals surface area contributed by atoms with E-state index in [0.29, 0.717) is 31.4 Å². The minimum atomic E-state index is -1.38. The Balaban J connectivity index is 1.60. The van der Waals surface area contributed by atoms with Gasteiger partial charge in [0.15, 0.2) is 0 Å². The summed E-state index contributed by atoms with van der Waals surface area (Å²) >= 11 is 6.25. The molecule has 1 saturated carbocycles. The average molecular weight is 546 g/mol. The first-order valence-electron chi connectivity index (χ1n) is 12.3. The summed E-state index contributed by atoms with van der Waals surface area (Å²) in [6, 6.07) is 9.11. The van der Waals surface area contributed by atoms with E-state index in [4.69, 9.17) is 16.3 Å². The minimum Gasteiger partial charge on any atom is -0.508 e. The second-order valence-corrected chi connectivity index (χ2v) is 9.76. The molecule has 1 atom stereocenters. The van der Waals surface area contributed by atoms with Crippen molar-refractivity contribution in [2.24, 2.45) is 5.41 Å². The van der Waals surface area contributed by atoms with E-state index < -0.39 is 29.2 Å². The monoisotopic (exact) mass is 545 g/mol. The SMILES string of the molecule is COCCC1(C(=O)NC[C@H](NC(=O)c2ccc(C(=O)NCc3cccc(O)c3)cc2Cl)C(=O)O)CCCC1. The number of hydrogen-bond donors (Lipinski definition) is 5. The lowest BCUT2D eigenvalue weighted by Gasteiger charge is -2.28. The third kappa shape index (κ3) is 7.45. The Bertz CT molecular complexity index is 1180. The summed E-state index contributed by atoms with van der Waals surface area (Å²) in [7, 11) is 1.57. The fourth-order valence-corrected chi connectivity index (χ4v) is 4.82. The summed E-state index contributed by atoms with van der Waals surface area (Å²) in [5, 5.41) is 26.9.